The largest absolute Gasteiger partial charge is 0.497 e. The van der Waals surface area contributed by atoms with E-state index in [2.05, 4.69) is 27.4 Å². The van der Waals surface area contributed by atoms with E-state index in [9.17, 15) is 4.79 Å². The van der Waals surface area contributed by atoms with E-state index in [1.54, 1.807) is 26.5 Å². The molecule has 0 amide bonds. The number of anilines is 1. The van der Waals surface area contributed by atoms with Crippen LogP contribution in [0.2, 0.25) is 0 Å². The summed E-state index contributed by atoms with van der Waals surface area (Å²) in [7, 11) is 3.18. The van der Waals surface area contributed by atoms with Crippen LogP contribution in [0.3, 0.4) is 0 Å². The summed E-state index contributed by atoms with van der Waals surface area (Å²) in [6.45, 7) is 3.93. The van der Waals surface area contributed by atoms with Crippen LogP contribution in [-0.2, 0) is 6.42 Å². The molecule has 2 aromatic rings. The summed E-state index contributed by atoms with van der Waals surface area (Å²) in [5.74, 6) is 1.65. The Labute approximate surface area is 147 Å². The minimum atomic E-state index is -0.124. The van der Waals surface area contributed by atoms with Crippen LogP contribution in [0.15, 0.2) is 28.1 Å². The van der Waals surface area contributed by atoms with Crippen LogP contribution in [0.4, 0.5) is 5.95 Å². The summed E-state index contributed by atoms with van der Waals surface area (Å²) >= 11 is 0. The topological polar surface area (TPSA) is 88.6 Å². The van der Waals surface area contributed by atoms with Gasteiger partial charge in [-0.2, -0.15) is 5.10 Å². The summed E-state index contributed by atoms with van der Waals surface area (Å²) in [6.07, 6.45) is 4.33. The molecule has 134 valence electrons. The van der Waals surface area contributed by atoms with Crippen molar-refractivity contribution in [2.75, 3.05) is 19.6 Å². The number of unbranched alkanes of at least 4 members (excludes halogenated alkanes) is 1. The van der Waals surface area contributed by atoms with Crippen molar-refractivity contribution in [3.63, 3.8) is 0 Å². The van der Waals surface area contributed by atoms with E-state index in [1.165, 1.54) is 0 Å². The SMILES string of the molecule is CCCCc1c(C)nc(N/N=C\c2ccc(OC)cc2OC)[nH]c1=O. The van der Waals surface area contributed by atoms with Gasteiger partial charge in [-0.1, -0.05) is 13.3 Å². The third kappa shape index (κ3) is 4.82. The number of ether oxygens (including phenoxy) is 2. The molecule has 2 rings (SSSR count). The molecule has 0 spiro atoms. The Morgan fingerprint density at radius 3 is 2.76 bits per heavy atom. The lowest BCUT2D eigenvalue weighted by Crippen LogP contribution is -2.18. The average Bonchev–Trinajstić information content (AvgIpc) is 2.61. The predicted octanol–water partition coefficient (Wildman–Crippen LogP) is 2.88. The molecule has 2 N–H and O–H groups in total. The Morgan fingerprint density at radius 1 is 1.32 bits per heavy atom. The summed E-state index contributed by atoms with van der Waals surface area (Å²) in [4.78, 5) is 19.2. The van der Waals surface area contributed by atoms with E-state index in [-0.39, 0.29) is 5.56 Å². The molecule has 0 fully saturated rings. The number of hydrogen-bond acceptors (Lipinski definition) is 6. The zero-order valence-electron chi connectivity index (χ0n) is 15.0. The van der Waals surface area contributed by atoms with Gasteiger partial charge in [0.25, 0.3) is 5.56 Å². The summed E-state index contributed by atoms with van der Waals surface area (Å²) in [6, 6.07) is 5.42. The highest BCUT2D eigenvalue weighted by atomic mass is 16.5. The Hall–Kier alpha value is -2.83. The van der Waals surface area contributed by atoms with Crippen LogP contribution in [0, 0.1) is 6.92 Å². The van der Waals surface area contributed by atoms with Gasteiger partial charge in [-0.15, -0.1) is 0 Å². The molecule has 0 bridgehead atoms. The third-order valence-corrected chi connectivity index (χ3v) is 3.82. The second-order valence-electron chi connectivity index (χ2n) is 5.56. The molecule has 1 aromatic heterocycles. The van der Waals surface area contributed by atoms with E-state index < -0.39 is 0 Å². The van der Waals surface area contributed by atoms with Gasteiger partial charge in [0.15, 0.2) is 0 Å². The normalized spacial score (nSPS) is 10.9. The minimum absolute atomic E-state index is 0.124. The fourth-order valence-corrected chi connectivity index (χ4v) is 2.40. The highest BCUT2D eigenvalue weighted by Crippen LogP contribution is 2.23. The first-order valence-corrected chi connectivity index (χ1v) is 8.20. The lowest BCUT2D eigenvalue weighted by atomic mass is 10.1. The van der Waals surface area contributed by atoms with Crippen LogP contribution in [-0.4, -0.2) is 30.4 Å². The number of methoxy groups -OCH3 is 2. The Balaban J connectivity index is 2.13. The predicted molar refractivity (Wildman–Crippen MR) is 99.0 cm³/mol. The van der Waals surface area contributed by atoms with E-state index in [0.29, 0.717) is 17.4 Å². The smallest absolute Gasteiger partial charge is 0.255 e. The zero-order valence-corrected chi connectivity index (χ0v) is 15.0. The van der Waals surface area contributed by atoms with E-state index in [4.69, 9.17) is 9.47 Å². The van der Waals surface area contributed by atoms with Crippen LogP contribution in [0.25, 0.3) is 0 Å². The zero-order chi connectivity index (χ0) is 18.2. The number of nitrogens with zero attached hydrogens (tertiary/aromatic N) is 2. The number of aromatic amines is 1. The van der Waals surface area contributed by atoms with Crippen molar-refractivity contribution in [1.29, 1.82) is 0 Å². The molecule has 0 aliphatic carbocycles. The molecule has 25 heavy (non-hydrogen) atoms. The van der Waals surface area contributed by atoms with Crippen LogP contribution in [0.5, 0.6) is 11.5 Å². The van der Waals surface area contributed by atoms with Crippen molar-refractivity contribution < 1.29 is 9.47 Å². The summed E-state index contributed by atoms with van der Waals surface area (Å²) in [5.41, 5.74) is 4.85. The summed E-state index contributed by atoms with van der Waals surface area (Å²) < 4.78 is 10.5. The molecular formula is C18H24N4O3. The molecule has 0 radical (unpaired) electrons. The molecule has 0 aliphatic heterocycles. The molecule has 0 unspecified atom stereocenters. The Kier molecular flexibility index (Phi) is 6.56. The van der Waals surface area contributed by atoms with Crippen molar-refractivity contribution in [2.24, 2.45) is 5.10 Å². The monoisotopic (exact) mass is 344 g/mol. The van der Waals surface area contributed by atoms with Gasteiger partial charge >= 0.3 is 0 Å². The first kappa shape index (κ1) is 18.5. The van der Waals surface area contributed by atoms with E-state index >= 15 is 0 Å². The maximum absolute atomic E-state index is 12.1. The van der Waals surface area contributed by atoms with Crippen LogP contribution < -0.4 is 20.5 Å². The van der Waals surface area contributed by atoms with Crippen molar-refractivity contribution >= 4 is 12.2 Å². The maximum atomic E-state index is 12.1. The molecule has 0 atom stereocenters. The number of hydrazone groups is 1. The fourth-order valence-electron chi connectivity index (χ4n) is 2.40. The number of aromatic nitrogens is 2. The number of aryl methyl sites for hydroxylation is 1. The molecule has 7 heteroatoms. The van der Waals surface area contributed by atoms with Gasteiger partial charge in [-0.25, -0.2) is 10.4 Å². The molecule has 1 heterocycles. The number of hydrogen-bond donors (Lipinski definition) is 2. The summed E-state index contributed by atoms with van der Waals surface area (Å²) in [5, 5.41) is 4.12. The molecule has 7 nitrogen and oxygen atoms in total. The van der Waals surface area contributed by atoms with Gasteiger partial charge < -0.3 is 9.47 Å². The highest BCUT2D eigenvalue weighted by molar-refractivity contribution is 5.84. The van der Waals surface area contributed by atoms with Gasteiger partial charge in [-0.3, -0.25) is 9.78 Å². The van der Waals surface area contributed by atoms with Crippen molar-refractivity contribution in [3.8, 4) is 11.5 Å². The quantitative estimate of drug-likeness (QED) is 0.568. The first-order valence-electron chi connectivity index (χ1n) is 8.20. The van der Waals surface area contributed by atoms with Crippen LogP contribution >= 0.6 is 0 Å². The lowest BCUT2D eigenvalue weighted by molar-refractivity contribution is 0.394. The van der Waals surface area contributed by atoms with E-state index in [1.807, 2.05) is 19.1 Å². The number of H-pyrrole nitrogens is 1. The highest BCUT2D eigenvalue weighted by Gasteiger charge is 2.07. The van der Waals surface area contributed by atoms with Crippen molar-refractivity contribution in [3.05, 3.63) is 45.4 Å². The molecule has 0 aliphatic rings. The van der Waals surface area contributed by atoms with E-state index in [0.717, 1.165) is 36.1 Å². The standard InChI is InChI=1S/C18H24N4O3/c1-5-6-7-15-12(2)20-18(21-17(15)23)22-19-11-13-8-9-14(24-3)10-16(13)25-4/h8-11H,5-7H2,1-4H3,(H2,20,21,22,23)/b19-11-. The molecular weight excluding hydrogens is 320 g/mol. The molecule has 1 aromatic carbocycles. The van der Waals surface area contributed by atoms with Gasteiger partial charge in [0.05, 0.1) is 20.4 Å². The van der Waals surface area contributed by atoms with Gasteiger partial charge in [0, 0.05) is 22.9 Å². The molecule has 0 saturated heterocycles. The Morgan fingerprint density at radius 2 is 2.12 bits per heavy atom. The second-order valence-corrected chi connectivity index (χ2v) is 5.56. The van der Waals surface area contributed by atoms with Gasteiger partial charge in [-0.05, 0) is 31.9 Å². The van der Waals surface area contributed by atoms with Gasteiger partial charge in [0.2, 0.25) is 5.95 Å². The third-order valence-electron chi connectivity index (χ3n) is 3.82. The second kappa shape index (κ2) is 8.86. The number of rotatable bonds is 8. The number of benzene rings is 1. The first-order chi connectivity index (χ1) is 12.1. The molecule has 0 saturated carbocycles. The van der Waals surface area contributed by atoms with Crippen LogP contribution in [0.1, 0.15) is 36.6 Å². The fraction of sp³-hybridized carbons (Fsp3) is 0.389. The van der Waals surface area contributed by atoms with Gasteiger partial charge in [0.1, 0.15) is 11.5 Å². The minimum Gasteiger partial charge on any atom is -0.497 e. The number of nitrogens with one attached hydrogen (secondary N) is 2. The maximum Gasteiger partial charge on any atom is 0.255 e. The average molecular weight is 344 g/mol. The van der Waals surface area contributed by atoms with Crippen molar-refractivity contribution in [2.45, 2.75) is 33.1 Å². The lowest BCUT2D eigenvalue weighted by Gasteiger charge is -2.08. The Bertz CT molecular complexity index is 799. The van der Waals surface area contributed by atoms with Crippen molar-refractivity contribution in [1.82, 2.24) is 9.97 Å².